The van der Waals surface area contributed by atoms with Gasteiger partial charge in [-0.3, -0.25) is 9.59 Å². The van der Waals surface area contributed by atoms with Gasteiger partial charge in [-0.2, -0.15) is 0 Å². The van der Waals surface area contributed by atoms with Crippen molar-refractivity contribution >= 4 is 17.6 Å². The molecule has 1 saturated carbocycles. The van der Waals surface area contributed by atoms with E-state index in [9.17, 15) is 9.59 Å². The molecule has 1 aromatic heterocycles. The van der Waals surface area contributed by atoms with Crippen LogP contribution in [0.5, 0.6) is 5.75 Å². The zero-order chi connectivity index (χ0) is 19.4. The standard InChI is InChI=1S/C19H23N5O3/c1-11(17(20)25)22-16-10-15(18(21)26)23-19(24-16)12-6-8-14(9-7-12)27-13-4-2-3-5-13/h6-11,13H,2-5H2,1H3,(H2,20,25)(H2,21,26)(H,22,23,24)/t11-/m0/s1. The predicted molar refractivity (Wildman–Crippen MR) is 101 cm³/mol. The molecule has 0 bridgehead atoms. The minimum Gasteiger partial charge on any atom is -0.490 e. The van der Waals surface area contributed by atoms with Crippen LogP contribution < -0.4 is 21.5 Å². The van der Waals surface area contributed by atoms with Crippen molar-refractivity contribution in [1.29, 1.82) is 0 Å². The van der Waals surface area contributed by atoms with E-state index < -0.39 is 17.9 Å². The highest BCUT2D eigenvalue weighted by atomic mass is 16.5. The van der Waals surface area contributed by atoms with Crippen LogP contribution in [-0.4, -0.2) is 33.9 Å². The molecule has 1 aliphatic rings. The molecule has 5 N–H and O–H groups in total. The number of ether oxygens (including phenoxy) is 1. The average molecular weight is 369 g/mol. The van der Waals surface area contributed by atoms with Gasteiger partial charge in [0.05, 0.1) is 6.10 Å². The molecule has 0 spiro atoms. The summed E-state index contributed by atoms with van der Waals surface area (Å²) < 4.78 is 5.95. The Kier molecular flexibility index (Phi) is 5.54. The zero-order valence-electron chi connectivity index (χ0n) is 15.1. The summed E-state index contributed by atoms with van der Waals surface area (Å²) in [7, 11) is 0. The smallest absolute Gasteiger partial charge is 0.267 e. The fourth-order valence-corrected chi connectivity index (χ4v) is 2.95. The number of rotatable bonds is 7. The molecule has 1 heterocycles. The summed E-state index contributed by atoms with van der Waals surface area (Å²) in [5, 5.41) is 2.85. The highest BCUT2D eigenvalue weighted by Gasteiger charge is 2.17. The van der Waals surface area contributed by atoms with E-state index in [4.69, 9.17) is 16.2 Å². The summed E-state index contributed by atoms with van der Waals surface area (Å²) in [4.78, 5) is 31.4. The molecular weight excluding hydrogens is 346 g/mol. The molecule has 1 aliphatic carbocycles. The second-order valence-corrected chi connectivity index (χ2v) is 6.64. The number of aromatic nitrogens is 2. The summed E-state index contributed by atoms with van der Waals surface area (Å²) in [5.41, 5.74) is 11.4. The predicted octanol–water partition coefficient (Wildman–Crippen LogP) is 1.85. The van der Waals surface area contributed by atoms with E-state index in [1.54, 1.807) is 6.92 Å². The second kappa shape index (κ2) is 8.03. The van der Waals surface area contributed by atoms with Crippen molar-refractivity contribution in [1.82, 2.24) is 9.97 Å². The van der Waals surface area contributed by atoms with Gasteiger partial charge in [0.15, 0.2) is 5.82 Å². The van der Waals surface area contributed by atoms with E-state index in [0.29, 0.717) is 17.2 Å². The second-order valence-electron chi connectivity index (χ2n) is 6.64. The number of hydrogen-bond donors (Lipinski definition) is 3. The van der Waals surface area contributed by atoms with E-state index in [1.165, 1.54) is 18.9 Å². The SMILES string of the molecule is C[C@H](Nc1cc(C(N)=O)nc(-c2ccc(OC3CCCC3)cc2)n1)C(N)=O. The molecule has 3 rings (SSSR count). The number of nitrogens with two attached hydrogens (primary N) is 2. The van der Waals surface area contributed by atoms with Gasteiger partial charge >= 0.3 is 0 Å². The molecule has 8 heteroatoms. The lowest BCUT2D eigenvalue weighted by Gasteiger charge is -2.14. The number of amides is 2. The number of primary amides is 2. The van der Waals surface area contributed by atoms with E-state index in [1.807, 2.05) is 24.3 Å². The van der Waals surface area contributed by atoms with Crippen molar-refractivity contribution in [3.63, 3.8) is 0 Å². The van der Waals surface area contributed by atoms with Crippen molar-refractivity contribution < 1.29 is 14.3 Å². The minimum absolute atomic E-state index is 0.0467. The summed E-state index contributed by atoms with van der Waals surface area (Å²) in [6, 6.07) is 8.09. The number of anilines is 1. The van der Waals surface area contributed by atoms with Crippen LogP contribution in [0.3, 0.4) is 0 Å². The molecule has 1 atom stereocenters. The third kappa shape index (κ3) is 4.72. The molecule has 27 heavy (non-hydrogen) atoms. The Morgan fingerprint density at radius 2 is 1.81 bits per heavy atom. The molecule has 0 unspecified atom stereocenters. The Balaban J connectivity index is 1.84. The summed E-state index contributed by atoms with van der Waals surface area (Å²) in [6.07, 6.45) is 4.85. The maximum Gasteiger partial charge on any atom is 0.267 e. The van der Waals surface area contributed by atoms with Crippen molar-refractivity contribution in [3.05, 3.63) is 36.0 Å². The van der Waals surface area contributed by atoms with Crippen LogP contribution in [-0.2, 0) is 4.79 Å². The Morgan fingerprint density at radius 3 is 2.41 bits per heavy atom. The fraction of sp³-hybridized carbons (Fsp3) is 0.368. The van der Waals surface area contributed by atoms with Gasteiger partial charge in [0, 0.05) is 11.6 Å². The number of nitrogens with one attached hydrogen (secondary N) is 1. The largest absolute Gasteiger partial charge is 0.490 e. The third-order valence-electron chi connectivity index (χ3n) is 4.49. The van der Waals surface area contributed by atoms with Gasteiger partial charge in [-0.25, -0.2) is 9.97 Å². The first-order chi connectivity index (χ1) is 12.9. The topological polar surface area (TPSA) is 133 Å². The third-order valence-corrected chi connectivity index (χ3v) is 4.49. The van der Waals surface area contributed by atoms with Gasteiger partial charge in [0.1, 0.15) is 23.3 Å². The van der Waals surface area contributed by atoms with Crippen LogP contribution in [0.2, 0.25) is 0 Å². The maximum atomic E-state index is 11.6. The van der Waals surface area contributed by atoms with E-state index >= 15 is 0 Å². The molecule has 0 saturated heterocycles. The Morgan fingerprint density at radius 1 is 1.15 bits per heavy atom. The molecule has 1 fully saturated rings. The van der Waals surface area contributed by atoms with Crippen LogP contribution >= 0.6 is 0 Å². The monoisotopic (exact) mass is 369 g/mol. The van der Waals surface area contributed by atoms with Gasteiger partial charge in [-0.1, -0.05) is 0 Å². The molecular formula is C19H23N5O3. The van der Waals surface area contributed by atoms with Gasteiger partial charge in [-0.15, -0.1) is 0 Å². The number of nitrogens with zero attached hydrogens (tertiary/aromatic N) is 2. The van der Waals surface area contributed by atoms with Gasteiger partial charge < -0.3 is 21.5 Å². The maximum absolute atomic E-state index is 11.6. The Hall–Kier alpha value is -3.16. The normalized spacial score (nSPS) is 15.3. The lowest BCUT2D eigenvalue weighted by molar-refractivity contribution is -0.118. The Bertz CT molecular complexity index is 832. The number of carbonyl (C=O) groups excluding carboxylic acids is 2. The quantitative estimate of drug-likeness (QED) is 0.682. The lowest BCUT2D eigenvalue weighted by atomic mass is 10.2. The van der Waals surface area contributed by atoms with Crippen LogP contribution in [0.15, 0.2) is 30.3 Å². The first kappa shape index (κ1) is 18.6. The van der Waals surface area contributed by atoms with Crippen molar-refractivity contribution in [3.8, 4) is 17.1 Å². The molecule has 0 radical (unpaired) electrons. The first-order valence-electron chi connectivity index (χ1n) is 8.94. The lowest BCUT2D eigenvalue weighted by Crippen LogP contribution is -2.33. The summed E-state index contributed by atoms with van der Waals surface area (Å²) in [6.45, 7) is 1.60. The van der Waals surface area contributed by atoms with E-state index in [2.05, 4.69) is 15.3 Å². The molecule has 2 amide bonds. The van der Waals surface area contributed by atoms with Crippen LogP contribution in [0.1, 0.15) is 43.1 Å². The van der Waals surface area contributed by atoms with Crippen molar-refractivity contribution in [2.75, 3.05) is 5.32 Å². The summed E-state index contributed by atoms with van der Waals surface area (Å²) >= 11 is 0. The molecule has 0 aliphatic heterocycles. The summed E-state index contributed by atoms with van der Waals surface area (Å²) in [5.74, 6) is 0.181. The van der Waals surface area contributed by atoms with Crippen molar-refractivity contribution in [2.24, 2.45) is 11.5 Å². The Labute approximate surface area is 157 Å². The van der Waals surface area contributed by atoms with Gasteiger partial charge in [0.2, 0.25) is 5.91 Å². The fourth-order valence-electron chi connectivity index (χ4n) is 2.95. The number of carbonyl (C=O) groups is 2. The molecule has 1 aromatic carbocycles. The average Bonchev–Trinajstić information content (AvgIpc) is 3.15. The van der Waals surface area contributed by atoms with E-state index in [-0.39, 0.29) is 11.8 Å². The van der Waals surface area contributed by atoms with Gasteiger partial charge in [0.25, 0.3) is 5.91 Å². The molecule has 2 aromatic rings. The first-order valence-corrected chi connectivity index (χ1v) is 8.94. The van der Waals surface area contributed by atoms with E-state index in [0.717, 1.165) is 18.6 Å². The van der Waals surface area contributed by atoms with Crippen molar-refractivity contribution in [2.45, 2.75) is 44.8 Å². The molecule has 142 valence electrons. The highest BCUT2D eigenvalue weighted by molar-refractivity contribution is 5.92. The highest BCUT2D eigenvalue weighted by Crippen LogP contribution is 2.26. The minimum atomic E-state index is -0.686. The number of hydrogen-bond acceptors (Lipinski definition) is 6. The zero-order valence-corrected chi connectivity index (χ0v) is 15.1. The molecule has 8 nitrogen and oxygen atoms in total. The van der Waals surface area contributed by atoms with Crippen LogP contribution in [0.4, 0.5) is 5.82 Å². The number of benzene rings is 1. The van der Waals surface area contributed by atoms with Gasteiger partial charge in [-0.05, 0) is 56.9 Å². The van der Waals surface area contributed by atoms with Crippen LogP contribution in [0.25, 0.3) is 11.4 Å². The van der Waals surface area contributed by atoms with Crippen LogP contribution in [0, 0.1) is 0 Å².